The molecule has 35 heavy (non-hydrogen) atoms. The van der Waals surface area contributed by atoms with Crippen LogP contribution in [0.3, 0.4) is 0 Å². The first-order valence-corrected chi connectivity index (χ1v) is 10.8. The highest BCUT2D eigenvalue weighted by Gasteiger charge is 2.36. The number of nitrogens with one attached hydrogen (secondary N) is 1. The number of fused-ring (bicyclic) bond motifs is 1. The highest BCUT2D eigenvalue weighted by Crippen LogP contribution is 2.26. The van der Waals surface area contributed by atoms with Gasteiger partial charge in [-0.25, -0.2) is 13.8 Å². The van der Waals surface area contributed by atoms with E-state index in [1.165, 1.54) is 10.5 Å². The number of rotatable bonds is 8. The molecule has 0 bridgehead atoms. The third-order valence-electron chi connectivity index (χ3n) is 5.71. The summed E-state index contributed by atoms with van der Waals surface area (Å²) in [6, 6.07) is 11.8. The number of hydrogen-bond acceptors (Lipinski definition) is 6. The van der Waals surface area contributed by atoms with Gasteiger partial charge in [0.2, 0.25) is 0 Å². The lowest BCUT2D eigenvalue weighted by Crippen LogP contribution is -2.52. The summed E-state index contributed by atoms with van der Waals surface area (Å²) in [4.78, 5) is 22.1. The highest BCUT2D eigenvalue weighted by atomic mass is 19.1. The fourth-order valence-corrected chi connectivity index (χ4v) is 3.80. The number of aromatic nitrogens is 3. The van der Waals surface area contributed by atoms with Crippen LogP contribution in [0.5, 0.6) is 5.75 Å². The van der Waals surface area contributed by atoms with Gasteiger partial charge >= 0.3 is 0 Å². The molecule has 1 amide bonds. The molecule has 10 heteroatoms. The quantitative estimate of drug-likeness (QED) is 0.356. The molecule has 4 aromatic rings. The van der Waals surface area contributed by atoms with Crippen LogP contribution >= 0.6 is 0 Å². The van der Waals surface area contributed by atoms with Gasteiger partial charge in [0.25, 0.3) is 5.91 Å². The van der Waals surface area contributed by atoms with Crippen molar-refractivity contribution >= 4 is 11.6 Å². The zero-order chi connectivity index (χ0) is 25.2. The van der Waals surface area contributed by atoms with E-state index in [-0.39, 0.29) is 29.3 Å². The first-order valence-electron chi connectivity index (χ1n) is 10.8. The van der Waals surface area contributed by atoms with E-state index in [1.807, 2.05) is 0 Å². The van der Waals surface area contributed by atoms with Crippen LogP contribution < -0.4 is 10.1 Å². The molecule has 0 saturated carbocycles. The lowest BCUT2D eigenvalue weighted by Gasteiger charge is -2.30. The Labute approximate surface area is 199 Å². The molecule has 0 unspecified atom stereocenters. The average Bonchev–Trinajstić information content (AvgIpc) is 3.19. The SMILES string of the molecule is Cc1cccc(C(CO)(CO)NC(=O)c2c(C)nc3c(OCc4c(F)cccc4F)cccn23)n1. The van der Waals surface area contributed by atoms with Crippen molar-refractivity contribution in [2.75, 3.05) is 13.2 Å². The van der Waals surface area contributed by atoms with Crippen molar-refractivity contribution in [1.29, 1.82) is 0 Å². The third-order valence-corrected chi connectivity index (χ3v) is 5.71. The van der Waals surface area contributed by atoms with Crippen LogP contribution in [0, 0.1) is 25.5 Å². The molecule has 0 aliphatic carbocycles. The molecule has 0 atom stereocenters. The van der Waals surface area contributed by atoms with Crippen LogP contribution in [-0.2, 0) is 12.1 Å². The van der Waals surface area contributed by atoms with Gasteiger partial charge in [0, 0.05) is 11.9 Å². The van der Waals surface area contributed by atoms with Crippen molar-refractivity contribution in [3.63, 3.8) is 0 Å². The smallest absolute Gasteiger partial charge is 0.271 e. The molecule has 3 heterocycles. The first kappa shape index (κ1) is 24.2. The molecule has 0 aliphatic heterocycles. The van der Waals surface area contributed by atoms with Gasteiger partial charge in [-0.3, -0.25) is 14.2 Å². The van der Waals surface area contributed by atoms with Gasteiger partial charge in [-0.2, -0.15) is 0 Å². The topological polar surface area (TPSA) is 109 Å². The van der Waals surface area contributed by atoms with E-state index in [0.29, 0.717) is 17.1 Å². The summed E-state index contributed by atoms with van der Waals surface area (Å²) >= 11 is 0. The van der Waals surface area contributed by atoms with Crippen LogP contribution in [0.25, 0.3) is 5.65 Å². The lowest BCUT2D eigenvalue weighted by atomic mass is 9.95. The summed E-state index contributed by atoms with van der Waals surface area (Å²) in [5, 5.41) is 22.9. The van der Waals surface area contributed by atoms with Gasteiger partial charge in [-0.15, -0.1) is 0 Å². The second-order valence-corrected chi connectivity index (χ2v) is 8.12. The predicted octanol–water partition coefficient (Wildman–Crippen LogP) is 2.81. The van der Waals surface area contributed by atoms with Crippen LogP contribution in [-0.4, -0.2) is 43.7 Å². The number of nitrogens with zero attached hydrogens (tertiary/aromatic N) is 3. The molecular weight excluding hydrogens is 458 g/mol. The largest absolute Gasteiger partial charge is 0.485 e. The minimum atomic E-state index is -1.53. The number of amides is 1. The molecule has 3 N–H and O–H groups in total. The van der Waals surface area contributed by atoms with Crippen molar-refractivity contribution in [3.05, 3.63) is 94.7 Å². The van der Waals surface area contributed by atoms with Crippen LogP contribution in [0.4, 0.5) is 8.78 Å². The van der Waals surface area contributed by atoms with E-state index in [0.717, 1.165) is 12.1 Å². The number of halogens is 2. The van der Waals surface area contributed by atoms with Crippen molar-refractivity contribution in [1.82, 2.24) is 19.7 Å². The fourth-order valence-electron chi connectivity index (χ4n) is 3.80. The number of aliphatic hydroxyl groups is 2. The summed E-state index contributed by atoms with van der Waals surface area (Å²) in [5.41, 5.74) is -0.0495. The third kappa shape index (κ3) is 4.58. The Morgan fingerprint density at radius 2 is 1.71 bits per heavy atom. The van der Waals surface area contributed by atoms with Crippen LogP contribution in [0.15, 0.2) is 54.7 Å². The lowest BCUT2D eigenvalue weighted by molar-refractivity contribution is 0.0637. The summed E-state index contributed by atoms with van der Waals surface area (Å²) in [6.07, 6.45) is 1.59. The molecule has 182 valence electrons. The maximum atomic E-state index is 14.0. The number of pyridine rings is 2. The van der Waals surface area contributed by atoms with Crippen molar-refractivity contribution in [3.8, 4) is 5.75 Å². The molecule has 4 rings (SSSR count). The molecule has 0 aliphatic rings. The number of aliphatic hydroxyl groups excluding tert-OH is 2. The normalized spacial score (nSPS) is 11.6. The molecule has 0 saturated heterocycles. The van der Waals surface area contributed by atoms with Gasteiger partial charge in [-0.05, 0) is 50.2 Å². The number of carbonyl (C=O) groups is 1. The number of aryl methyl sites for hydroxylation is 2. The number of hydrogen-bond donors (Lipinski definition) is 3. The average molecular weight is 482 g/mol. The second-order valence-electron chi connectivity index (χ2n) is 8.12. The Kier molecular flexibility index (Phi) is 6.77. The second kappa shape index (κ2) is 9.77. The van der Waals surface area contributed by atoms with E-state index in [2.05, 4.69) is 15.3 Å². The molecule has 3 aromatic heterocycles. The molecular formula is C25H24F2N4O4. The van der Waals surface area contributed by atoms with E-state index in [4.69, 9.17) is 4.74 Å². The molecule has 0 spiro atoms. The van der Waals surface area contributed by atoms with Gasteiger partial charge in [-0.1, -0.05) is 12.1 Å². The predicted molar refractivity (Wildman–Crippen MR) is 123 cm³/mol. The van der Waals surface area contributed by atoms with E-state index in [9.17, 15) is 23.8 Å². The van der Waals surface area contributed by atoms with Gasteiger partial charge in [0.15, 0.2) is 11.4 Å². The molecule has 0 radical (unpaired) electrons. The van der Waals surface area contributed by atoms with E-state index in [1.54, 1.807) is 50.4 Å². The van der Waals surface area contributed by atoms with Crippen LogP contribution in [0.1, 0.15) is 33.1 Å². The Balaban J connectivity index is 1.67. The number of imidazole rings is 1. The maximum Gasteiger partial charge on any atom is 0.271 e. The Bertz CT molecular complexity index is 1370. The van der Waals surface area contributed by atoms with Gasteiger partial charge in [0.1, 0.15) is 29.5 Å². The maximum absolute atomic E-state index is 14.0. The van der Waals surface area contributed by atoms with Crippen molar-refractivity contribution in [2.24, 2.45) is 0 Å². The summed E-state index contributed by atoms with van der Waals surface area (Å²) in [5.74, 6) is -1.86. The van der Waals surface area contributed by atoms with Gasteiger partial charge in [0.05, 0.1) is 30.2 Å². The Hall–Kier alpha value is -3.89. The monoisotopic (exact) mass is 482 g/mol. The summed E-state index contributed by atoms with van der Waals surface area (Å²) in [7, 11) is 0. The fraction of sp³-hybridized carbons (Fsp3) is 0.240. The summed E-state index contributed by atoms with van der Waals surface area (Å²) < 4.78 is 35.1. The molecule has 1 aromatic carbocycles. The molecule has 0 fully saturated rings. The molecule has 8 nitrogen and oxygen atoms in total. The Morgan fingerprint density at radius 3 is 2.37 bits per heavy atom. The number of benzene rings is 1. The van der Waals surface area contributed by atoms with Crippen molar-refractivity contribution in [2.45, 2.75) is 26.0 Å². The highest BCUT2D eigenvalue weighted by molar-refractivity contribution is 5.95. The minimum Gasteiger partial charge on any atom is -0.485 e. The van der Waals surface area contributed by atoms with Crippen LogP contribution in [0.2, 0.25) is 0 Å². The van der Waals surface area contributed by atoms with E-state index >= 15 is 0 Å². The number of ether oxygens (including phenoxy) is 1. The minimum absolute atomic E-state index is 0.140. The van der Waals surface area contributed by atoms with Crippen molar-refractivity contribution < 1.29 is 28.5 Å². The first-order chi connectivity index (χ1) is 16.8. The Morgan fingerprint density at radius 1 is 1.03 bits per heavy atom. The standard InChI is InChI=1S/C25H24F2N4O4/c1-15-6-3-10-21(28-15)25(13-32,14-33)30-24(34)22-16(2)29-23-20(9-5-11-31(22)23)35-12-17-18(26)7-4-8-19(17)27/h3-11,32-33H,12-14H2,1-2H3,(H,30,34). The van der Waals surface area contributed by atoms with E-state index < -0.39 is 36.3 Å². The zero-order valence-corrected chi connectivity index (χ0v) is 19.1. The van der Waals surface area contributed by atoms with Gasteiger partial charge < -0.3 is 20.3 Å². The number of carbonyl (C=O) groups excluding carboxylic acids is 1. The summed E-state index contributed by atoms with van der Waals surface area (Å²) in [6.45, 7) is 1.82. The zero-order valence-electron chi connectivity index (χ0n) is 19.1.